The van der Waals surface area contributed by atoms with Crippen molar-refractivity contribution < 1.29 is 105 Å². The predicted octanol–water partition coefficient (Wildman–Crippen LogP) is 13.7. The summed E-state index contributed by atoms with van der Waals surface area (Å²) < 4.78 is 50.9. The maximum absolute atomic E-state index is 15.1. The van der Waals surface area contributed by atoms with Crippen molar-refractivity contribution in [1.29, 1.82) is 0 Å². The monoisotopic (exact) mass is 1450 g/mol. The Bertz CT molecular complexity index is 2530. The number of hydrogen-bond acceptors (Lipinski definition) is 23. The quantitative estimate of drug-likeness (QED) is 0.0249. The van der Waals surface area contributed by atoms with Crippen molar-refractivity contribution in [3.05, 3.63) is 10.1 Å². The van der Waals surface area contributed by atoms with Gasteiger partial charge >= 0.3 is 53.7 Å². The zero-order valence-electron chi connectivity index (χ0n) is 67.3. The summed E-state index contributed by atoms with van der Waals surface area (Å²) in [6, 6.07) is 0. The fourth-order valence-corrected chi connectivity index (χ4v) is 11.2. The molecular weight excluding hydrogens is 1320 g/mol. The molecule has 0 aliphatic rings. The third-order valence-electron chi connectivity index (χ3n) is 15.2. The van der Waals surface area contributed by atoms with Gasteiger partial charge in [0, 0.05) is 107 Å². The first kappa shape index (κ1) is 95.2. The average Bonchev–Trinajstić information content (AvgIpc) is 0.825. The number of nitro groups is 1. The van der Waals surface area contributed by atoms with Crippen molar-refractivity contribution in [2.24, 2.45) is 5.41 Å². The van der Waals surface area contributed by atoms with E-state index < -0.39 is 213 Å². The Balaban J connectivity index is 8.73. The number of esters is 9. The first-order chi connectivity index (χ1) is 45.7. The topological polar surface area (TPSA) is 355 Å². The van der Waals surface area contributed by atoms with Gasteiger partial charge in [-0.15, -0.1) is 0 Å². The van der Waals surface area contributed by atoms with Gasteiger partial charge in [0.15, 0.2) is 0 Å². The largest absolute Gasteiger partial charge is 0.460 e. The van der Waals surface area contributed by atoms with Crippen LogP contribution in [0.25, 0.3) is 0 Å². The molecule has 0 bridgehead atoms. The molecule has 0 aliphatic carbocycles. The number of rotatable bonds is 40. The molecule has 2 N–H and O–H groups in total. The molecule has 0 aromatic rings. The highest BCUT2D eigenvalue weighted by Crippen LogP contribution is 2.42. The van der Waals surface area contributed by atoms with Gasteiger partial charge in [-0.05, 0) is 244 Å². The van der Waals surface area contributed by atoms with Gasteiger partial charge in [0.2, 0.25) is 17.4 Å². The molecule has 0 fully saturated rings. The fraction of sp³-hybridized carbons (Fsp3) is 0.842. The summed E-state index contributed by atoms with van der Waals surface area (Å²) in [5.41, 5.74) is -15.7. The van der Waals surface area contributed by atoms with Crippen molar-refractivity contribution in [3.63, 3.8) is 0 Å². The standard InChI is InChI=1S/C76H131N3O23/c1-64(2,3)94-55(83)31-39-73(40-32-56(84)95-65(4,5)6,41-33-57(85)96-66(7,8)9)50-52(80)28-47-76(79(92)93,49-30-54(82)78-75(51-63(91)102-72(25,26)27,45-37-61(89)100-70(19,20)21)46-38-62(90)101-71(22,23)24)48-29-53(81)77-74(42-34-58(86)97-67(10,11)12,43-35-59(87)98-68(13,14)15)44-36-60(88)99-69(16,17)18/h28-51H2,1-27H3,(H,77,81)(H,78,82). The van der Waals surface area contributed by atoms with Gasteiger partial charge in [-0.1, -0.05) is 0 Å². The van der Waals surface area contributed by atoms with E-state index in [1.165, 1.54) is 0 Å². The third kappa shape index (κ3) is 46.8. The minimum atomic E-state index is -2.37. The smallest absolute Gasteiger partial charge is 0.308 e. The summed E-state index contributed by atoms with van der Waals surface area (Å²) >= 11 is 0. The molecule has 0 rings (SSSR count). The number of hydrogen-bond donors (Lipinski definition) is 2. The normalized spacial score (nSPS) is 13.6. The summed E-state index contributed by atoms with van der Waals surface area (Å²) in [7, 11) is 0. The molecule has 1 atom stereocenters. The molecule has 0 spiro atoms. The molecular formula is C76H131N3O23. The summed E-state index contributed by atoms with van der Waals surface area (Å²) in [5.74, 6) is -8.65. The van der Waals surface area contributed by atoms with Crippen molar-refractivity contribution in [2.45, 2.75) is 408 Å². The van der Waals surface area contributed by atoms with Crippen LogP contribution < -0.4 is 10.6 Å². The Morgan fingerprint density at radius 1 is 0.255 bits per heavy atom. The van der Waals surface area contributed by atoms with Gasteiger partial charge in [0.25, 0.3) is 0 Å². The van der Waals surface area contributed by atoms with E-state index in [-0.39, 0.29) is 89.9 Å². The molecule has 0 radical (unpaired) electrons. The van der Waals surface area contributed by atoms with E-state index in [0.29, 0.717) is 0 Å². The average molecular weight is 1450 g/mol. The van der Waals surface area contributed by atoms with Crippen LogP contribution in [0.15, 0.2) is 0 Å². The molecule has 0 aromatic carbocycles. The maximum atomic E-state index is 15.1. The maximum Gasteiger partial charge on any atom is 0.308 e. The second-order valence-corrected chi connectivity index (χ2v) is 36.3. The molecule has 102 heavy (non-hydrogen) atoms. The van der Waals surface area contributed by atoms with Gasteiger partial charge in [0.1, 0.15) is 56.2 Å². The van der Waals surface area contributed by atoms with Crippen molar-refractivity contribution in [3.8, 4) is 0 Å². The van der Waals surface area contributed by atoms with Crippen LogP contribution in [-0.4, -0.2) is 143 Å². The zero-order valence-corrected chi connectivity index (χ0v) is 67.3. The molecule has 0 saturated heterocycles. The van der Waals surface area contributed by atoms with E-state index in [1.54, 1.807) is 187 Å². The molecule has 26 heteroatoms. The minimum absolute atomic E-state index is 0.107. The van der Waals surface area contributed by atoms with Crippen LogP contribution in [0, 0.1) is 15.5 Å². The van der Waals surface area contributed by atoms with E-state index in [2.05, 4.69) is 10.6 Å². The van der Waals surface area contributed by atoms with Crippen LogP contribution in [0.4, 0.5) is 0 Å². The van der Waals surface area contributed by atoms with E-state index in [9.17, 15) is 58.1 Å². The first-order valence-electron chi connectivity index (χ1n) is 35.9. The molecule has 0 heterocycles. The SMILES string of the molecule is CC(C)(C)OC(=O)CCC(CCC(=O)OC(C)(C)C)(CCC(=O)OC(C)(C)C)CC(=O)CCC(CCC(=O)NC(CCC(=O)OC(C)(C)C)(CCC(=O)OC(C)(C)C)CCC(=O)OC(C)(C)C)(CCC(=O)NC(CCC(=O)OC(C)(C)C)(CCC(=O)OC(C)(C)C)CC(=O)OC(C)(C)C)[N+](=O)[O-]. The molecule has 2 amide bonds. The highest BCUT2D eigenvalue weighted by atomic mass is 16.6. The summed E-state index contributed by atoms with van der Waals surface area (Å²) in [5, 5.41) is 20.1. The summed E-state index contributed by atoms with van der Waals surface area (Å²) in [4.78, 5) is 181. The minimum Gasteiger partial charge on any atom is -0.460 e. The number of carbonyl (C=O) groups excluding carboxylic acids is 12. The van der Waals surface area contributed by atoms with Crippen molar-refractivity contribution in [1.82, 2.24) is 10.6 Å². The Kier molecular flexibility index (Phi) is 36.3. The number of Topliss-reactive ketones (excluding diaryl/α,β-unsaturated/α-hetero) is 1. The van der Waals surface area contributed by atoms with Crippen LogP contribution in [-0.2, 0) is 100 Å². The van der Waals surface area contributed by atoms with Gasteiger partial charge in [-0.2, -0.15) is 0 Å². The van der Waals surface area contributed by atoms with Crippen molar-refractivity contribution >= 4 is 71.3 Å². The van der Waals surface area contributed by atoms with E-state index in [1.807, 2.05) is 0 Å². The molecule has 1 unspecified atom stereocenters. The lowest BCUT2D eigenvalue weighted by atomic mass is 9.70. The Morgan fingerprint density at radius 3 is 0.676 bits per heavy atom. The molecule has 26 nitrogen and oxygen atoms in total. The Labute approximate surface area is 608 Å². The van der Waals surface area contributed by atoms with Crippen LogP contribution in [0.3, 0.4) is 0 Å². The fourth-order valence-electron chi connectivity index (χ4n) is 11.2. The second kappa shape index (κ2) is 38.8. The van der Waals surface area contributed by atoms with E-state index in [4.69, 9.17) is 42.6 Å². The zero-order chi connectivity index (χ0) is 79.8. The van der Waals surface area contributed by atoms with Gasteiger partial charge in [-0.3, -0.25) is 67.6 Å². The first-order valence-corrected chi connectivity index (χ1v) is 35.9. The lowest BCUT2D eigenvalue weighted by Crippen LogP contribution is -2.52. The number of nitrogens with zero attached hydrogens (tertiary/aromatic N) is 1. The van der Waals surface area contributed by atoms with Crippen LogP contribution in [0.1, 0.15) is 341 Å². The number of nitrogens with one attached hydrogen (secondary N) is 2. The molecule has 0 aromatic heterocycles. The van der Waals surface area contributed by atoms with E-state index >= 15 is 9.59 Å². The second-order valence-electron chi connectivity index (χ2n) is 36.3. The Hall–Kier alpha value is -6.76. The number of carbonyl (C=O) groups is 12. The summed E-state index contributed by atoms with van der Waals surface area (Å²) in [6.45, 7) is 44.7. The predicted molar refractivity (Wildman–Crippen MR) is 382 cm³/mol. The molecule has 588 valence electrons. The van der Waals surface area contributed by atoms with Gasteiger partial charge in [-0.25, -0.2) is 0 Å². The van der Waals surface area contributed by atoms with Crippen molar-refractivity contribution in [2.75, 3.05) is 0 Å². The number of ether oxygens (including phenoxy) is 9. The summed E-state index contributed by atoms with van der Waals surface area (Å²) in [6.07, 6.45) is -9.35. The van der Waals surface area contributed by atoms with Crippen LogP contribution >= 0.6 is 0 Å². The van der Waals surface area contributed by atoms with Gasteiger partial charge < -0.3 is 53.3 Å². The lowest BCUT2D eigenvalue weighted by Gasteiger charge is -2.36. The Morgan fingerprint density at radius 2 is 0.451 bits per heavy atom. The van der Waals surface area contributed by atoms with Gasteiger partial charge in [0.05, 0.1) is 12.0 Å². The highest BCUT2D eigenvalue weighted by molar-refractivity contribution is 5.82. The highest BCUT2D eigenvalue weighted by Gasteiger charge is 2.47. The van der Waals surface area contributed by atoms with Crippen LogP contribution in [0.5, 0.6) is 0 Å². The van der Waals surface area contributed by atoms with Crippen LogP contribution in [0.2, 0.25) is 0 Å². The number of ketones is 1. The molecule has 0 saturated carbocycles. The molecule has 0 aliphatic heterocycles. The number of amides is 2. The lowest BCUT2D eigenvalue weighted by molar-refractivity contribution is -0.573. The third-order valence-corrected chi connectivity index (χ3v) is 15.2. The van der Waals surface area contributed by atoms with E-state index in [0.717, 1.165) is 0 Å².